The first kappa shape index (κ1) is 18.6. The Balaban J connectivity index is 1.42. The number of nitrogens with two attached hydrogens (primary N) is 1. The van der Waals surface area contributed by atoms with Crippen LogP contribution in [0.5, 0.6) is 0 Å². The smallest absolute Gasteiger partial charge is 0.229 e. The minimum atomic E-state index is -0.736. The Morgan fingerprint density at radius 1 is 0.786 bits per heavy atom. The molecule has 1 unspecified atom stereocenters. The van der Waals surface area contributed by atoms with E-state index in [1.54, 1.807) is 0 Å². The van der Waals surface area contributed by atoms with E-state index in [2.05, 4.69) is 13.8 Å². The molecular formula is C23H37NO4. The highest BCUT2D eigenvalue weighted by Crippen LogP contribution is 2.72. The molecule has 4 saturated carbocycles. The molecule has 0 radical (unpaired) electrons. The molecule has 6 fully saturated rings. The zero-order chi connectivity index (χ0) is 19.2. The third-order valence-corrected chi connectivity index (χ3v) is 10.3. The molecule has 2 heterocycles. The lowest BCUT2D eigenvalue weighted by molar-refractivity contribution is -0.474. The Bertz CT molecular complexity index is 643. The lowest BCUT2D eigenvalue weighted by atomic mass is 9.44. The van der Waals surface area contributed by atoms with Crippen molar-refractivity contribution in [1.82, 2.24) is 0 Å². The number of hydrogen-bond donors (Lipinski definition) is 1. The van der Waals surface area contributed by atoms with Gasteiger partial charge in [-0.1, -0.05) is 26.7 Å². The van der Waals surface area contributed by atoms with Crippen molar-refractivity contribution in [2.75, 3.05) is 26.4 Å². The van der Waals surface area contributed by atoms with Crippen molar-refractivity contribution >= 4 is 0 Å². The summed E-state index contributed by atoms with van der Waals surface area (Å²) in [5, 5.41) is 0. The molecule has 0 amide bonds. The lowest BCUT2D eigenvalue weighted by Gasteiger charge is -2.63. The molecule has 0 aromatic rings. The second kappa shape index (κ2) is 5.94. The van der Waals surface area contributed by atoms with Gasteiger partial charge in [-0.3, -0.25) is 0 Å². The van der Waals surface area contributed by atoms with E-state index in [4.69, 9.17) is 24.7 Å². The van der Waals surface area contributed by atoms with Crippen LogP contribution in [0.1, 0.15) is 65.2 Å². The molecule has 6 rings (SSSR count). The van der Waals surface area contributed by atoms with Gasteiger partial charge in [0.1, 0.15) is 0 Å². The molecule has 7 atom stereocenters. The predicted molar refractivity (Wildman–Crippen MR) is 104 cm³/mol. The Morgan fingerprint density at radius 2 is 1.50 bits per heavy atom. The molecule has 2 aliphatic heterocycles. The standard InChI is InChI=1S/C23H37NO4/c1-20-7-4-3-5-17(20)19(24)13-15-16(20)6-8-21(2)18(15)14-22-23(21,27-11-9-25-22)28-12-10-26-22/h15-19H,3-14,24H2,1-2H3/t15-,16+,17?,18+,19+,20-,21+,22?,23?/m1/s1. The molecule has 5 heteroatoms. The highest BCUT2D eigenvalue weighted by atomic mass is 16.8. The molecule has 0 aromatic heterocycles. The van der Waals surface area contributed by atoms with Crippen LogP contribution in [-0.4, -0.2) is 44.0 Å². The molecule has 4 aliphatic carbocycles. The van der Waals surface area contributed by atoms with Crippen LogP contribution in [0.3, 0.4) is 0 Å². The molecule has 28 heavy (non-hydrogen) atoms. The fourth-order valence-corrected chi connectivity index (χ4v) is 9.15. The fraction of sp³-hybridized carbons (Fsp3) is 1.00. The van der Waals surface area contributed by atoms with E-state index in [1.165, 1.54) is 32.1 Å². The van der Waals surface area contributed by atoms with Crippen molar-refractivity contribution in [1.29, 1.82) is 0 Å². The average molecular weight is 392 g/mol. The first-order valence-electron chi connectivity index (χ1n) is 11.8. The van der Waals surface area contributed by atoms with Gasteiger partial charge in [-0.15, -0.1) is 0 Å². The summed E-state index contributed by atoms with van der Waals surface area (Å²) in [4.78, 5) is 0. The van der Waals surface area contributed by atoms with Gasteiger partial charge in [-0.2, -0.15) is 0 Å². The van der Waals surface area contributed by atoms with Crippen LogP contribution < -0.4 is 5.73 Å². The van der Waals surface area contributed by atoms with Gasteiger partial charge < -0.3 is 24.7 Å². The van der Waals surface area contributed by atoms with E-state index in [-0.39, 0.29) is 5.41 Å². The summed E-state index contributed by atoms with van der Waals surface area (Å²) >= 11 is 0. The monoisotopic (exact) mass is 391 g/mol. The average Bonchev–Trinajstić information content (AvgIpc) is 2.95. The zero-order valence-corrected chi connectivity index (χ0v) is 17.6. The number of ether oxygens (including phenoxy) is 4. The summed E-state index contributed by atoms with van der Waals surface area (Å²) in [6, 6.07) is 0.331. The minimum absolute atomic E-state index is 0.0629. The Morgan fingerprint density at radius 3 is 2.25 bits per heavy atom. The summed E-state index contributed by atoms with van der Waals surface area (Å²) in [6.07, 6.45) is 9.88. The fourth-order valence-electron chi connectivity index (χ4n) is 9.15. The molecular weight excluding hydrogens is 354 g/mol. The zero-order valence-electron chi connectivity index (χ0n) is 17.6. The van der Waals surface area contributed by atoms with Crippen LogP contribution in [0.4, 0.5) is 0 Å². The Hall–Kier alpha value is -0.200. The maximum absolute atomic E-state index is 6.87. The topological polar surface area (TPSA) is 62.9 Å². The number of fused-ring (bicyclic) bond motifs is 5. The maximum Gasteiger partial charge on any atom is 0.229 e. The van der Waals surface area contributed by atoms with Crippen LogP contribution in [0.25, 0.3) is 0 Å². The molecule has 2 N–H and O–H groups in total. The molecule has 0 aromatic carbocycles. The van der Waals surface area contributed by atoms with Gasteiger partial charge in [-0.25, -0.2) is 0 Å². The minimum Gasteiger partial charge on any atom is -0.343 e. The van der Waals surface area contributed by atoms with Crippen molar-refractivity contribution in [2.45, 2.75) is 82.8 Å². The predicted octanol–water partition coefficient (Wildman–Crippen LogP) is 3.45. The lowest BCUT2D eigenvalue weighted by Crippen LogP contribution is -2.70. The first-order chi connectivity index (χ1) is 13.5. The molecule has 2 saturated heterocycles. The van der Waals surface area contributed by atoms with Crippen molar-refractivity contribution in [3.63, 3.8) is 0 Å². The van der Waals surface area contributed by atoms with Crippen LogP contribution in [0.15, 0.2) is 0 Å². The van der Waals surface area contributed by atoms with Crippen molar-refractivity contribution in [2.24, 2.45) is 40.2 Å². The second-order valence-corrected chi connectivity index (χ2v) is 11.1. The number of rotatable bonds is 0. The van der Waals surface area contributed by atoms with Crippen LogP contribution in [0, 0.1) is 34.5 Å². The molecule has 5 nitrogen and oxygen atoms in total. The van der Waals surface area contributed by atoms with Crippen LogP contribution in [-0.2, 0) is 18.9 Å². The summed E-state index contributed by atoms with van der Waals surface area (Å²) in [5.74, 6) is 1.14. The van der Waals surface area contributed by atoms with E-state index in [0.29, 0.717) is 55.6 Å². The molecule has 158 valence electrons. The van der Waals surface area contributed by atoms with Gasteiger partial charge >= 0.3 is 0 Å². The van der Waals surface area contributed by atoms with E-state index in [1.807, 2.05) is 0 Å². The molecule has 0 spiro atoms. The van der Waals surface area contributed by atoms with Gasteiger partial charge in [0.25, 0.3) is 0 Å². The van der Waals surface area contributed by atoms with E-state index >= 15 is 0 Å². The van der Waals surface area contributed by atoms with Gasteiger partial charge in [0, 0.05) is 17.9 Å². The first-order valence-corrected chi connectivity index (χ1v) is 11.8. The van der Waals surface area contributed by atoms with Crippen LogP contribution in [0.2, 0.25) is 0 Å². The molecule has 6 aliphatic rings. The van der Waals surface area contributed by atoms with Gasteiger partial charge in [0.2, 0.25) is 11.6 Å². The number of hydrogen-bond acceptors (Lipinski definition) is 5. The SMILES string of the molecule is C[C@]12CCCCC1[C@@H](N)C[C@@H]1[C@@H]2CC[C@@]2(C)[C@H]1CC13OCCOC12OCCO3. The quantitative estimate of drug-likeness (QED) is 0.685. The van der Waals surface area contributed by atoms with E-state index in [0.717, 1.165) is 25.2 Å². The van der Waals surface area contributed by atoms with Crippen molar-refractivity contribution in [3.05, 3.63) is 0 Å². The normalized spacial score (nSPS) is 60.8. The summed E-state index contributed by atoms with van der Waals surface area (Å²) < 4.78 is 25.7. The van der Waals surface area contributed by atoms with E-state index in [9.17, 15) is 0 Å². The molecule has 0 bridgehead atoms. The highest BCUT2D eigenvalue weighted by molar-refractivity contribution is 5.20. The van der Waals surface area contributed by atoms with Gasteiger partial charge in [0.15, 0.2) is 0 Å². The van der Waals surface area contributed by atoms with Crippen molar-refractivity contribution < 1.29 is 18.9 Å². The summed E-state index contributed by atoms with van der Waals surface area (Å²) in [6.45, 7) is 7.37. The summed E-state index contributed by atoms with van der Waals surface area (Å²) in [7, 11) is 0. The summed E-state index contributed by atoms with van der Waals surface area (Å²) in [5.41, 5.74) is 7.21. The highest BCUT2D eigenvalue weighted by Gasteiger charge is 2.79. The van der Waals surface area contributed by atoms with Crippen molar-refractivity contribution in [3.8, 4) is 0 Å². The van der Waals surface area contributed by atoms with Gasteiger partial charge in [-0.05, 0) is 61.2 Å². The second-order valence-electron chi connectivity index (χ2n) is 11.1. The Kier molecular flexibility index (Phi) is 3.94. The third kappa shape index (κ3) is 2.01. The largest absolute Gasteiger partial charge is 0.343 e. The Labute approximate surface area is 169 Å². The van der Waals surface area contributed by atoms with Crippen LogP contribution >= 0.6 is 0 Å². The van der Waals surface area contributed by atoms with E-state index < -0.39 is 11.6 Å². The van der Waals surface area contributed by atoms with Gasteiger partial charge in [0.05, 0.1) is 26.4 Å². The maximum atomic E-state index is 6.87. The third-order valence-electron chi connectivity index (χ3n) is 10.3.